The standard InChI is InChI=1S/C11H17NS/c1-8-5-10(8)6-12-7-11-4-3-9(2)13-11/h3-4,8,10,12H,5-7H2,1-2H3. The second-order valence-electron chi connectivity index (χ2n) is 4.12. The minimum Gasteiger partial charge on any atom is -0.312 e. The lowest BCUT2D eigenvalue weighted by Gasteiger charge is -2.00. The molecule has 1 fully saturated rings. The predicted octanol–water partition coefficient (Wildman–Crippen LogP) is 2.80. The zero-order valence-electron chi connectivity index (χ0n) is 8.34. The molecule has 0 radical (unpaired) electrons. The topological polar surface area (TPSA) is 12.0 Å². The Bertz CT molecular complexity index is 279. The molecule has 1 heterocycles. The summed E-state index contributed by atoms with van der Waals surface area (Å²) in [6, 6.07) is 4.42. The number of nitrogens with one attached hydrogen (secondary N) is 1. The van der Waals surface area contributed by atoms with Crippen LogP contribution in [0.1, 0.15) is 23.1 Å². The lowest BCUT2D eigenvalue weighted by Crippen LogP contribution is -2.15. The van der Waals surface area contributed by atoms with Crippen LogP contribution in [0.5, 0.6) is 0 Å². The van der Waals surface area contributed by atoms with Gasteiger partial charge in [0.15, 0.2) is 0 Å². The summed E-state index contributed by atoms with van der Waals surface area (Å²) in [6.07, 6.45) is 1.43. The normalized spacial score (nSPS) is 26.3. The van der Waals surface area contributed by atoms with E-state index < -0.39 is 0 Å². The van der Waals surface area contributed by atoms with E-state index in [0.29, 0.717) is 0 Å². The fourth-order valence-electron chi connectivity index (χ4n) is 1.64. The average molecular weight is 195 g/mol. The Morgan fingerprint density at radius 3 is 2.85 bits per heavy atom. The van der Waals surface area contributed by atoms with Gasteiger partial charge >= 0.3 is 0 Å². The van der Waals surface area contributed by atoms with E-state index in [2.05, 4.69) is 31.3 Å². The molecule has 0 saturated heterocycles. The Labute approximate surface area is 84.2 Å². The first-order valence-electron chi connectivity index (χ1n) is 5.02. The fourth-order valence-corrected chi connectivity index (χ4v) is 2.50. The van der Waals surface area contributed by atoms with Crippen molar-refractivity contribution in [3.05, 3.63) is 21.9 Å². The quantitative estimate of drug-likeness (QED) is 0.779. The van der Waals surface area contributed by atoms with Crippen LogP contribution in [0.25, 0.3) is 0 Å². The molecular formula is C11H17NS. The van der Waals surface area contributed by atoms with Crippen molar-refractivity contribution in [2.45, 2.75) is 26.8 Å². The van der Waals surface area contributed by atoms with Crippen LogP contribution in [0.4, 0.5) is 0 Å². The third-order valence-corrected chi connectivity index (χ3v) is 3.78. The monoisotopic (exact) mass is 195 g/mol. The molecule has 1 nitrogen and oxygen atoms in total. The van der Waals surface area contributed by atoms with E-state index in [0.717, 1.165) is 18.4 Å². The van der Waals surface area contributed by atoms with Crippen LogP contribution in [0, 0.1) is 18.8 Å². The first-order valence-corrected chi connectivity index (χ1v) is 5.83. The van der Waals surface area contributed by atoms with E-state index in [1.165, 1.54) is 22.7 Å². The zero-order chi connectivity index (χ0) is 9.26. The van der Waals surface area contributed by atoms with Gasteiger partial charge in [-0.3, -0.25) is 0 Å². The van der Waals surface area contributed by atoms with Crippen molar-refractivity contribution in [1.29, 1.82) is 0 Å². The lowest BCUT2D eigenvalue weighted by molar-refractivity contribution is 0.616. The van der Waals surface area contributed by atoms with Crippen LogP contribution < -0.4 is 5.32 Å². The van der Waals surface area contributed by atoms with Crippen molar-refractivity contribution >= 4 is 11.3 Å². The van der Waals surface area contributed by atoms with Crippen LogP contribution in [0.3, 0.4) is 0 Å². The van der Waals surface area contributed by atoms with Crippen molar-refractivity contribution in [3.63, 3.8) is 0 Å². The third-order valence-electron chi connectivity index (χ3n) is 2.78. The Morgan fingerprint density at radius 1 is 1.54 bits per heavy atom. The van der Waals surface area contributed by atoms with Crippen molar-refractivity contribution in [3.8, 4) is 0 Å². The number of rotatable bonds is 4. The van der Waals surface area contributed by atoms with Crippen molar-refractivity contribution < 1.29 is 0 Å². The fraction of sp³-hybridized carbons (Fsp3) is 0.636. The van der Waals surface area contributed by atoms with Crippen molar-refractivity contribution in [1.82, 2.24) is 5.32 Å². The molecule has 2 atom stereocenters. The lowest BCUT2D eigenvalue weighted by atomic mass is 10.3. The number of thiophene rings is 1. The Hall–Kier alpha value is -0.340. The molecule has 2 rings (SSSR count). The smallest absolute Gasteiger partial charge is 0.0299 e. The molecule has 0 aliphatic heterocycles. The van der Waals surface area contributed by atoms with Crippen LogP contribution in [0.2, 0.25) is 0 Å². The van der Waals surface area contributed by atoms with Gasteiger partial charge < -0.3 is 5.32 Å². The molecule has 13 heavy (non-hydrogen) atoms. The molecule has 0 aromatic carbocycles. The number of hydrogen-bond acceptors (Lipinski definition) is 2. The van der Waals surface area contributed by atoms with Crippen LogP contribution in [-0.4, -0.2) is 6.54 Å². The van der Waals surface area contributed by atoms with Gasteiger partial charge in [0.25, 0.3) is 0 Å². The maximum atomic E-state index is 3.52. The summed E-state index contributed by atoms with van der Waals surface area (Å²) >= 11 is 1.90. The molecule has 72 valence electrons. The first-order chi connectivity index (χ1) is 6.25. The Kier molecular flexibility index (Phi) is 2.70. The first kappa shape index (κ1) is 9.22. The summed E-state index contributed by atoms with van der Waals surface area (Å²) in [6.45, 7) is 6.76. The highest BCUT2D eigenvalue weighted by Gasteiger charge is 2.31. The van der Waals surface area contributed by atoms with E-state index in [1.54, 1.807) is 0 Å². The molecule has 1 saturated carbocycles. The highest BCUT2D eigenvalue weighted by molar-refractivity contribution is 7.11. The van der Waals surface area contributed by atoms with Crippen molar-refractivity contribution in [2.75, 3.05) is 6.54 Å². The van der Waals surface area contributed by atoms with Gasteiger partial charge in [-0.25, -0.2) is 0 Å². The Balaban J connectivity index is 1.68. The van der Waals surface area contributed by atoms with Gasteiger partial charge in [-0.2, -0.15) is 0 Å². The van der Waals surface area contributed by atoms with E-state index >= 15 is 0 Å². The van der Waals surface area contributed by atoms with E-state index in [1.807, 2.05) is 11.3 Å². The van der Waals surface area contributed by atoms with Crippen LogP contribution in [-0.2, 0) is 6.54 Å². The van der Waals surface area contributed by atoms with Gasteiger partial charge in [0.1, 0.15) is 0 Å². The molecule has 0 bridgehead atoms. The average Bonchev–Trinajstić information content (AvgIpc) is 2.60. The van der Waals surface area contributed by atoms with Crippen LogP contribution in [0.15, 0.2) is 12.1 Å². The molecule has 1 aliphatic rings. The third kappa shape index (κ3) is 2.55. The van der Waals surface area contributed by atoms with Crippen LogP contribution >= 0.6 is 11.3 Å². The summed E-state index contributed by atoms with van der Waals surface area (Å²) in [5, 5.41) is 3.52. The van der Waals surface area contributed by atoms with Gasteiger partial charge in [-0.05, 0) is 43.9 Å². The maximum Gasteiger partial charge on any atom is 0.0299 e. The largest absolute Gasteiger partial charge is 0.312 e. The summed E-state index contributed by atoms with van der Waals surface area (Å²) in [7, 11) is 0. The van der Waals surface area contributed by atoms with Gasteiger partial charge in [0.05, 0.1) is 0 Å². The Morgan fingerprint density at radius 2 is 2.31 bits per heavy atom. The molecule has 2 heteroatoms. The maximum absolute atomic E-state index is 3.52. The van der Waals surface area contributed by atoms with E-state index in [9.17, 15) is 0 Å². The number of hydrogen-bond donors (Lipinski definition) is 1. The van der Waals surface area contributed by atoms with E-state index in [-0.39, 0.29) is 0 Å². The molecule has 1 aromatic rings. The molecule has 1 aliphatic carbocycles. The predicted molar refractivity (Wildman–Crippen MR) is 58.0 cm³/mol. The zero-order valence-corrected chi connectivity index (χ0v) is 9.16. The molecule has 0 amide bonds. The molecule has 1 N–H and O–H groups in total. The van der Waals surface area contributed by atoms with Gasteiger partial charge in [0, 0.05) is 16.3 Å². The summed E-state index contributed by atoms with van der Waals surface area (Å²) in [4.78, 5) is 2.88. The second-order valence-corrected chi connectivity index (χ2v) is 5.49. The van der Waals surface area contributed by atoms with Gasteiger partial charge in [-0.15, -0.1) is 11.3 Å². The highest BCUT2D eigenvalue weighted by Crippen LogP contribution is 2.36. The van der Waals surface area contributed by atoms with Gasteiger partial charge in [0.2, 0.25) is 0 Å². The van der Waals surface area contributed by atoms with Crippen molar-refractivity contribution in [2.24, 2.45) is 11.8 Å². The highest BCUT2D eigenvalue weighted by atomic mass is 32.1. The minimum absolute atomic E-state index is 0.959. The molecular weight excluding hydrogens is 178 g/mol. The minimum atomic E-state index is 0.959. The number of aryl methyl sites for hydroxylation is 1. The SMILES string of the molecule is Cc1ccc(CNCC2CC2C)s1. The van der Waals surface area contributed by atoms with Gasteiger partial charge in [-0.1, -0.05) is 6.92 Å². The molecule has 1 aromatic heterocycles. The molecule has 0 spiro atoms. The summed E-state index contributed by atoms with van der Waals surface area (Å²) in [5.74, 6) is 1.93. The van der Waals surface area contributed by atoms with E-state index in [4.69, 9.17) is 0 Å². The summed E-state index contributed by atoms with van der Waals surface area (Å²) in [5.41, 5.74) is 0. The second kappa shape index (κ2) is 3.81. The summed E-state index contributed by atoms with van der Waals surface area (Å²) < 4.78 is 0. The molecule has 2 unspecified atom stereocenters.